The summed E-state index contributed by atoms with van der Waals surface area (Å²) >= 11 is 0. The maximum atomic E-state index is 10.6. The topological polar surface area (TPSA) is 81.8 Å². The van der Waals surface area contributed by atoms with E-state index in [1.165, 1.54) is 19.2 Å². The summed E-state index contributed by atoms with van der Waals surface area (Å²) in [5.74, 6) is 0.415. The lowest BCUT2D eigenvalue weighted by molar-refractivity contribution is -0.385. The molecule has 0 radical (unpaired) electrons. The van der Waals surface area contributed by atoms with Crippen LogP contribution >= 0.6 is 0 Å². The largest absolute Gasteiger partial charge is 0.487 e. The van der Waals surface area contributed by atoms with Gasteiger partial charge in [0.25, 0.3) is 5.69 Å². The zero-order valence-corrected chi connectivity index (χ0v) is 9.28. The Balaban J connectivity index is 2.04. The van der Waals surface area contributed by atoms with Crippen molar-refractivity contribution in [2.45, 2.75) is 24.7 Å². The molecule has 0 bridgehead atoms. The monoisotopic (exact) mass is 239 g/mol. The normalized spacial score (nSPS) is 27.3. The van der Waals surface area contributed by atoms with Gasteiger partial charge in [0.1, 0.15) is 18.0 Å². The number of hydrogen-bond donors (Lipinski definition) is 1. The van der Waals surface area contributed by atoms with Crippen molar-refractivity contribution in [1.29, 1.82) is 0 Å². The third-order valence-electron chi connectivity index (χ3n) is 2.81. The van der Waals surface area contributed by atoms with Crippen LogP contribution < -0.4 is 4.74 Å². The van der Waals surface area contributed by atoms with Gasteiger partial charge in [0.2, 0.25) is 0 Å². The maximum absolute atomic E-state index is 10.6. The van der Waals surface area contributed by atoms with E-state index in [-0.39, 0.29) is 17.9 Å². The highest BCUT2D eigenvalue weighted by atomic mass is 16.6. The summed E-state index contributed by atoms with van der Waals surface area (Å²) in [6.45, 7) is 0. The summed E-state index contributed by atoms with van der Waals surface area (Å²) in [6.07, 6.45) is -0.670. The highest BCUT2D eigenvalue weighted by molar-refractivity contribution is 5.38. The molecule has 0 aromatic heterocycles. The minimum absolute atomic E-state index is 0.0173. The minimum Gasteiger partial charge on any atom is -0.487 e. The zero-order chi connectivity index (χ0) is 12.4. The molecule has 1 fully saturated rings. The molecule has 0 spiro atoms. The van der Waals surface area contributed by atoms with Crippen molar-refractivity contribution in [3.8, 4) is 5.75 Å². The Labute approximate surface area is 97.9 Å². The molecule has 1 aromatic rings. The van der Waals surface area contributed by atoms with Gasteiger partial charge in [-0.25, -0.2) is 0 Å². The molecule has 0 amide bonds. The Hall–Kier alpha value is -1.66. The predicted molar refractivity (Wildman–Crippen MR) is 58.9 cm³/mol. The first kappa shape index (κ1) is 11.8. The van der Waals surface area contributed by atoms with Gasteiger partial charge in [-0.3, -0.25) is 10.1 Å². The van der Waals surface area contributed by atoms with Crippen molar-refractivity contribution in [2.75, 3.05) is 7.11 Å². The Morgan fingerprint density at radius 1 is 1.53 bits per heavy atom. The Kier molecular flexibility index (Phi) is 3.26. The molecule has 3 atom stereocenters. The molecule has 1 aromatic carbocycles. The van der Waals surface area contributed by atoms with Crippen LogP contribution in [-0.2, 0) is 4.74 Å². The number of nitro benzene ring substituents is 1. The average molecular weight is 239 g/mol. The van der Waals surface area contributed by atoms with Crippen LogP contribution in [-0.4, -0.2) is 35.5 Å². The number of rotatable bonds is 4. The quantitative estimate of drug-likeness (QED) is 0.629. The van der Waals surface area contributed by atoms with E-state index in [2.05, 4.69) is 0 Å². The molecule has 1 aliphatic carbocycles. The number of nitro groups is 1. The Morgan fingerprint density at radius 3 is 2.88 bits per heavy atom. The number of ether oxygens (including phenoxy) is 2. The summed E-state index contributed by atoms with van der Waals surface area (Å²) in [7, 11) is 1.50. The first-order chi connectivity index (χ1) is 8.11. The third-order valence-corrected chi connectivity index (χ3v) is 2.81. The lowest BCUT2D eigenvalue weighted by atomic mass is 9.88. The van der Waals surface area contributed by atoms with Gasteiger partial charge in [0, 0.05) is 19.6 Å². The lowest BCUT2D eigenvalue weighted by Gasteiger charge is -2.39. The van der Waals surface area contributed by atoms with Gasteiger partial charge in [0.15, 0.2) is 0 Å². The van der Waals surface area contributed by atoms with Gasteiger partial charge in [-0.1, -0.05) is 6.07 Å². The average Bonchev–Trinajstić information content (AvgIpc) is 2.29. The number of benzene rings is 1. The van der Waals surface area contributed by atoms with E-state index in [1.807, 2.05) is 0 Å². The van der Waals surface area contributed by atoms with Gasteiger partial charge < -0.3 is 14.6 Å². The molecule has 92 valence electrons. The predicted octanol–water partition coefficient (Wildman–Crippen LogP) is 1.12. The van der Waals surface area contributed by atoms with Gasteiger partial charge in [-0.05, 0) is 6.07 Å². The Morgan fingerprint density at radius 2 is 2.29 bits per heavy atom. The maximum Gasteiger partial charge on any atom is 0.273 e. The standard InChI is InChI=1S/C11H13NO5/c1-16-11-9(13)6-10(11)17-8-4-2-3-7(5-8)12(14)15/h2-5,9-11,13H,6H2,1H3. The van der Waals surface area contributed by atoms with Crippen molar-refractivity contribution in [1.82, 2.24) is 0 Å². The fourth-order valence-electron chi connectivity index (χ4n) is 1.83. The first-order valence-electron chi connectivity index (χ1n) is 5.24. The molecule has 0 saturated heterocycles. The number of methoxy groups -OCH3 is 1. The van der Waals surface area contributed by atoms with Crippen molar-refractivity contribution in [3.63, 3.8) is 0 Å². The number of nitrogens with zero attached hydrogens (tertiary/aromatic N) is 1. The van der Waals surface area contributed by atoms with Crippen LogP contribution in [0.5, 0.6) is 5.75 Å². The van der Waals surface area contributed by atoms with Gasteiger partial charge in [-0.2, -0.15) is 0 Å². The van der Waals surface area contributed by atoms with E-state index in [4.69, 9.17) is 9.47 Å². The molecule has 0 aliphatic heterocycles. The van der Waals surface area contributed by atoms with E-state index < -0.39 is 11.0 Å². The second kappa shape index (κ2) is 4.68. The van der Waals surface area contributed by atoms with Crippen LogP contribution in [0, 0.1) is 10.1 Å². The SMILES string of the molecule is COC1C(O)CC1Oc1cccc([N+](=O)[O-])c1. The number of aliphatic hydroxyl groups excluding tert-OH is 1. The van der Waals surface area contributed by atoms with Crippen molar-refractivity contribution in [2.24, 2.45) is 0 Å². The molecule has 2 rings (SSSR count). The molecule has 3 unspecified atom stereocenters. The smallest absolute Gasteiger partial charge is 0.273 e. The van der Waals surface area contributed by atoms with Crippen LogP contribution in [0.3, 0.4) is 0 Å². The second-order valence-electron chi connectivity index (χ2n) is 3.91. The summed E-state index contributed by atoms with van der Waals surface area (Å²) < 4.78 is 10.6. The summed E-state index contributed by atoms with van der Waals surface area (Å²) in [6, 6.07) is 5.96. The number of non-ortho nitro benzene ring substituents is 1. The number of hydrogen-bond acceptors (Lipinski definition) is 5. The van der Waals surface area contributed by atoms with Crippen molar-refractivity contribution < 1.29 is 19.5 Å². The molecule has 6 heteroatoms. The molecule has 1 saturated carbocycles. The van der Waals surface area contributed by atoms with Gasteiger partial charge in [0.05, 0.1) is 17.1 Å². The van der Waals surface area contributed by atoms with Gasteiger partial charge in [-0.15, -0.1) is 0 Å². The van der Waals surface area contributed by atoms with Gasteiger partial charge >= 0.3 is 0 Å². The second-order valence-corrected chi connectivity index (χ2v) is 3.91. The van der Waals surface area contributed by atoms with Crippen LogP contribution in [0.25, 0.3) is 0 Å². The molecule has 17 heavy (non-hydrogen) atoms. The van der Waals surface area contributed by atoms with E-state index >= 15 is 0 Å². The minimum atomic E-state index is -0.524. The summed E-state index contributed by atoms with van der Waals surface area (Å²) in [5, 5.41) is 20.0. The first-order valence-corrected chi connectivity index (χ1v) is 5.24. The van der Waals surface area contributed by atoms with Crippen LogP contribution in [0.4, 0.5) is 5.69 Å². The molecule has 1 aliphatic rings. The highest BCUT2D eigenvalue weighted by Crippen LogP contribution is 2.29. The fourth-order valence-corrected chi connectivity index (χ4v) is 1.83. The summed E-state index contributed by atoms with van der Waals surface area (Å²) in [4.78, 5) is 10.1. The van der Waals surface area contributed by atoms with E-state index in [9.17, 15) is 15.2 Å². The molecular weight excluding hydrogens is 226 g/mol. The fraction of sp³-hybridized carbons (Fsp3) is 0.455. The van der Waals surface area contributed by atoms with E-state index in [0.29, 0.717) is 12.2 Å². The van der Waals surface area contributed by atoms with E-state index in [1.54, 1.807) is 12.1 Å². The van der Waals surface area contributed by atoms with Crippen LogP contribution in [0.1, 0.15) is 6.42 Å². The molecule has 0 heterocycles. The van der Waals surface area contributed by atoms with Crippen molar-refractivity contribution >= 4 is 5.69 Å². The third kappa shape index (κ3) is 2.37. The highest BCUT2D eigenvalue weighted by Gasteiger charge is 2.42. The molecular formula is C11H13NO5. The van der Waals surface area contributed by atoms with E-state index in [0.717, 1.165) is 0 Å². The summed E-state index contributed by atoms with van der Waals surface area (Å²) in [5.41, 5.74) is -0.0173. The number of aliphatic hydroxyl groups is 1. The molecule has 1 N–H and O–H groups in total. The van der Waals surface area contributed by atoms with Crippen LogP contribution in [0.15, 0.2) is 24.3 Å². The zero-order valence-electron chi connectivity index (χ0n) is 9.28. The van der Waals surface area contributed by atoms with Crippen LogP contribution in [0.2, 0.25) is 0 Å². The molecule has 6 nitrogen and oxygen atoms in total. The Bertz CT molecular complexity index is 422. The van der Waals surface area contributed by atoms with Crippen molar-refractivity contribution in [3.05, 3.63) is 34.4 Å². The lowest BCUT2D eigenvalue weighted by Crippen LogP contribution is -2.54.